The monoisotopic (exact) mass is 266 g/mol. The second-order valence-electron chi connectivity index (χ2n) is 4.93. The topological polar surface area (TPSA) is 42.0 Å². The molecule has 0 radical (unpaired) electrons. The van der Waals surface area contributed by atoms with Crippen LogP contribution in [0.5, 0.6) is 0 Å². The maximum absolute atomic E-state index is 11.8. The van der Waals surface area contributed by atoms with Crippen molar-refractivity contribution in [2.24, 2.45) is 5.92 Å². The Morgan fingerprint density at radius 1 is 1.39 bits per heavy atom. The maximum Gasteiger partial charge on any atom is 0.224 e. The Balaban J connectivity index is 1.76. The molecule has 98 valence electrons. The number of carbonyl (C=O) groups is 1. The van der Waals surface area contributed by atoms with Crippen molar-refractivity contribution < 1.29 is 4.79 Å². The molecule has 1 amide bonds. The van der Waals surface area contributed by atoms with Gasteiger partial charge in [0.25, 0.3) is 0 Å². The van der Waals surface area contributed by atoms with Crippen LogP contribution in [0.25, 0.3) is 0 Å². The minimum absolute atomic E-state index is 0.0375. The van der Waals surface area contributed by atoms with Crippen LogP contribution in [0.1, 0.15) is 44.9 Å². The molecule has 0 aliphatic heterocycles. The molecule has 1 heterocycles. The quantitative estimate of drug-likeness (QED) is 0.836. The van der Waals surface area contributed by atoms with E-state index in [1.165, 1.54) is 32.1 Å². The summed E-state index contributed by atoms with van der Waals surface area (Å²) in [6.07, 6.45) is 9.73. The fourth-order valence-corrected chi connectivity index (χ4v) is 2.67. The van der Waals surface area contributed by atoms with Crippen molar-refractivity contribution >= 4 is 23.2 Å². The fraction of sp³-hybridized carbons (Fsp3) is 0.571. The Bertz CT molecular complexity index is 403. The van der Waals surface area contributed by atoms with Gasteiger partial charge in [0.2, 0.25) is 5.91 Å². The van der Waals surface area contributed by atoms with Gasteiger partial charge in [0.1, 0.15) is 0 Å². The van der Waals surface area contributed by atoms with E-state index < -0.39 is 0 Å². The van der Waals surface area contributed by atoms with Crippen molar-refractivity contribution in [3.8, 4) is 0 Å². The molecule has 1 saturated carbocycles. The van der Waals surface area contributed by atoms with E-state index >= 15 is 0 Å². The third kappa shape index (κ3) is 3.98. The normalized spacial score (nSPS) is 16.5. The number of nitrogens with one attached hydrogen (secondary N) is 1. The largest absolute Gasteiger partial charge is 0.323 e. The van der Waals surface area contributed by atoms with Gasteiger partial charge in [0.15, 0.2) is 5.15 Å². The molecule has 0 aromatic carbocycles. The average Bonchev–Trinajstić information content (AvgIpc) is 2.40. The smallest absolute Gasteiger partial charge is 0.224 e. The summed E-state index contributed by atoms with van der Waals surface area (Å²) in [5, 5.41) is 3.17. The highest BCUT2D eigenvalue weighted by molar-refractivity contribution is 6.32. The van der Waals surface area contributed by atoms with Crippen molar-refractivity contribution in [3.05, 3.63) is 23.5 Å². The van der Waals surface area contributed by atoms with Gasteiger partial charge in [-0.05, 0) is 24.5 Å². The summed E-state index contributed by atoms with van der Waals surface area (Å²) in [6.45, 7) is 0. The summed E-state index contributed by atoms with van der Waals surface area (Å²) in [7, 11) is 0. The van der Waals surface area contributed by atoms with Crippen LogP contribution in [-0.4, -0.2) is 10.9 Å². The van der Waals surface area contributed by atoms with E-state index in [-0.39, 0.29) is 5.91 Å². The van der Waals surface area contributed by atoms with Gasteiger partial charge in [-0.15, -0.1) is 0 Å². The summed E-state index contributed by atoms with van der Waals surface area (Å²) in [6, 6.07) is 3.54. The first-order valence-corrected chi connectivity index (χ1v) is 7.04. The summed E-state index contributed by atoms with van der Waals surface area (Å²) in [5.41, 5.74) is 0.604. The Kier molecular flexibility index (Phi) is 5.00. The fourth-order valence-electron chi connectivity index (χ4n) is 2.50. The van der Waals surface area contributed by atoms with Gasteiger partial charge in [-0.1, -0.05) is 43.7 Å². The minimum atomic E-state index is 0.0375. The number of hydrogen-bond acceptors (Lipinski definition) is 2. The molecule has 0 atom stereocenters. The lowest BCUT2D eigenvalue weighted by atomic mass is 9.86. The van der Waals surface area contributed by atoms with E-state index in [2.05, 4.69) is 10.3 Å². The highest BCUT2D eigenvalue weighted by atomic mass is 35.5. The number of amides is 1. The van der Waals surface area contributed by atoms with Crippen LogP contribution in [0.15, 0.2) is 18.3 Å². The zero-order valence-corrected chi connectivity index (χ0v) is 11.2. The number of halogens is 1. The van der Waals surface area contributed by atoms with Gasteiger partial charge >= 0.3 is 0 Å². The lowest BCUT2D eigenvalue weighted by Crippen LogP contribution is -2.15. The molecule has 1 aromatic heterocycles. The SMILES string of the molecule is O=C(CCC1CCCCC1)Nc1cccnc1Cl. The molecule has 1 aliphatic rings. The maximum atomic E-state index is 11.8. The van der Waals surface area contributed by atoms with E-state index in [9.17, 15) is 4.79 Å². The van der Waals surface area contributed by atoms with Gasteiger partial charge < -0.3 is 5.32 Å². The second kappa shape index (κ2) is 6.74. The van der Waals surface area contributed by atoms with Crippen LogP contribution in [0, 0.1) is 5.92 Å². The molecule has 1 aliphatic carbocycles. The number of pyridine rings is 1. The first-order chi connectivity index (χ1) is 8.75. The van der Waals surface area contributed by atoms with Crippen molar-refractivity contribution in [3.63, 3.8) is 0 Å². The van der Waals surface area contributed by atoms with E-state index in [0.717, 1.165) is 12.3 Å². The molecule has 0 unspecified atom stereocenters. The standard InChI is InChI=1S/C14H19ClN2O/c15-14-12(7-4-10-16-14)17-13(18)9-8-11-5-2-1-3-6-11/h4,7,10-11H,1-3,5-6,8-9H2,(H,17,18). The highest BCUT2D eigenvalue weighted by Gasteiger charge is 2.15. The molecular formula is C14H19ClN2O. The molecule has 1 fully saturated rings. The first kappa shape index (κ1) is 13.3. The molecule has 18 heavy (non-hydrogen) atoms. The van der Waals surface area contributed by atoms with Gasteiger partial charge in [0, 0.05) is 12.6 Å². The number of aromatic nitrogens is 1. The van der Waals surface area contributed by atoms with Crippen molar-refractivity contribution in [1.82, 2.24) is 4.98 Å². The third-order valence-corrected chi connectivity index (χ3v) is 3.84. The second-order valence-corrected chi connectivity index (χ2v) is 5.29. The molecule has 1 aromatic rings. The summed E-state index contributed by atoms with van der Waals surface area (Å²) >= 11 is 5.89. The van der Waals surface area contributed by atoms with E-state index in [1.54, 1.807) is 18.3 Å². The predicted molar refractivity (Wildman–Crippen MR) is 73.7 cm³/mol. The number of anilines is 1. The van der Waals surface area contributed by atoms with E-state index in [0.29, 0.717) is 17.3 Å². The number of carbonyl (C=O) groups excluding carboxylic acids is 1. The number of hydrogen-bond donors (Lipinski definition) is 1. The third-order valence-electron chi connectivity index (χ3n) is 3.54. The molecule has 2 rings (SSSR count). The molecule has 0 spiro atoms. The van der Waals surface area contributed by atoms with Gasteiger partial charge in [-0.25, -0.2) is 4.98 Å². The van der Waals surface area contributed by atoms with Crippen LogP contribution in [0.3, 0.4) is 0 Å². The minimum Gasteiger partial charge on any atom is -0.323 e. The van der Waals surface area contributed by atoms with Crippen molar-refractivity contribution in [2.45, 2.75) is 44.9 Å². The Morgan fingerprint density at radius 2 is 2.17 bits per heavy atom. The van der Waals surface area contributed by atoms with Crippen molar-refractivity contribution in [1.29, 1.82) is 0 Å². The van der Waals surface area contributed by atoms with E-state index in [1.807, 2.05) is 0 Å². The molecule has 1 N–H and O–H groups in total. The van der Waals surface area contributed by atoms with E-state index in [4.69, 9.17) is 11.6 Å². The first-order valence-electron chi connectivity index (χ1n) is 6.66. The molecule has 3 nitrogen and oxygen atoms in total. The molecular weight excluding hydrogens is 248 g/mol. The lowest BCUT2D eigenvalue weighted by Gasteiger charge is -2.21. The van der Waals surface area contributed by atoms with Gasteiger partial charge in [-0.3, -0.25) is 4.79 Å². The summed E-state index contributed by atoms with van der Waals surface area (Å²) in [5.74, 6) is 0.768. The van der Waals surface area contributed by atoms with Crippen LogP contribution >= 0.6 is 11.6 Å². The van der Waals surface area contributed by atoms with Gasteiger partial charge in [0.05, 0.1) is 5.69 Å². The Hall–Kier alpha value is -1.09. The average molecular weight is 267 g/mol. The van der Waals surface area contributed by atoms with Crippen molar-refractivity contribution in [2.75, 3.05) is 5.32 Å². The number of rotatable bonds is 4. The Labute approximate surface area is 113 Å². The number of nitrogens with zero attached hydrogens (tertiary/aromatic N) is 1. The zero-order valence-electron chi connectivity index (χ0n) is 10.5. The van der Waals surface area contributed by atoms with Crippen LogP contribution in [0.2, 0.25) is 5.15 Å². The van der Waals surface area contributed by atoms with Crippen LogP contribution in [0.4, 0.5) is 5.69 Å². The van der Waals surface area contributed by atoms with Crippen LogP contribution in [-0.2, 0) is 4.79 Å². The predicted octanol–water partition coefficient (Wildman–Crippen LogP) is 4.03. The van der Waals surface area contributed by atoms with Crippen LogP contribution < -0.4 is 5.32 Å². The molecule has 4 heteroatoms. The molecule has 0 saturated heterocycles. The summed E-state index contributed by atoms with van der Waals surface area (Å²) in [4.78, 5) is 15.7. The highest BCUT2D eigenvalue weighted by Crippen LogP contribution is 2.27. The van der Waals surface area contributed by atoms with Gasteiger partial charge in [-0.2, -0.15) is 0 Å². The zero-order chi connectivity index (χ0) is 12.8. The lowest BCUT2D eigenvalue weighted by molar-refractivity contribution is -0.116. The Morgan fingerprint density at radius 3 is 2.89 bits per heavy atom. The molecule has 0 bridgehead atoms. The summed E-state index contributed by atoms with van der Waals surface area (Å²) < 4.78 is 0.